The molecule has 2 aromatic carbocycles. The van der Waals surface area contributed by atoms with E-state index in [1.54, 1.807) is 24.3 Å². The van der Waals surface area contributed by atoms with Crippen molar-refractivity contribution in [2.75, 3.05) is 19.1 Å². The third kappa shape index (κ3) is 3.59. The number of carbonyl (C=O) groups is 2. The molecule has 0 spiro atoms. The van der Waals surface area contributed by atoms with Crippen molar-refractivity contribution >= 4 is 46.3 Å². The molecule has 7 nitrogen and oxygen atoms in total. The molecule has 1 amide bonds. The zero-order chi connectivity index (χ0) is 23.0. The van der Waals surface area contributed by atoms with E-state index < -0.39 is 17.7 Å². The molecule has 1 saturated heterocycles. The van der Waals surface area contributed by atoms with E-state index in [1.807, 2.05) is 0 Å². The van der Waals surface area contributed by atoms with E-state index in [-0.39, 0.29) is 21.9 Å². The van der Waals surface area contributed by atoms with E-state index >= 15 is 0 Å². The molecule has 0 radical (unpaired) electrons. The van der Waals surface area contributed by atoms with Crippen molar-refractivity contribution in [3.05, 3.63) is 81.7 Å². The molecule has 9 heteroatoms. The SMILES string of the molecule is COc1ccc(N2C(=O)C(=O)/C(=C(\O)c3ccc(Cl)c(OC)c3)C2c2ccco2)cc1Cl. The number of ether oxygens (including phenoxy) is 2. The maximum atomic E-state index is 13.1. The highest BCUT2D eigenvalue weighted by molar-refractivity contribution is 6.51. The first kappa shape index (κ1) is 21.8. The quantitative estimate of drug-likeness (QED) is 0.310. The van der Waals surface area contributed by atoms with Gasteiger partial charge in [-0.15, -0.1) is 0 Å². The van der Waals surface area contributed by atoms with Crippen LogP contribution in [0, 0.1) is 0 Å². The lowest BCUT2D eigenvalue weighted by molar-refractivity contribution is -0.132. The molecule has 1 aromatic heterocycles. The van der Waals surface area contributed by atoms with Gasteiger partial charge in [0.2, 0.25) is 0 Å². The Balaban J connectivity index is 1.91. The van der Waals surface area contributed by atoms with Crippen molar-refractivity contribution in [1.29, 1.82) is 0 Å². The molecule has 1 aliphatic heterocycles. The number of aliphatic hydroxyl groups is 1. The Hall–Kier alpha value is -3.42. The Labute approximate surface area is 193 Å². The topological polar surface area (TPSA) is 89.2 Å². The van der Waals surface area contributed by atoms with Crippen LogP contribution in [0.25, 0.3) is 5.76 Å². The number of aliphatic hydroxyl groups excluding tert-OH is 1. The highest BCUT2D eigenvalue weighted by Crippen LogP contribution is 2.44. The van der Waals surface area contributed by atoms with Gasteiger partial charge in [-0.1, -0.05) is 23.2 Å². The number of hydrogen-bond donors (Lipinski definition) is 1. The van der Waals surface area contributed by atoms with Crippen molar-refractivity contribution in [2.45, 2.75) is 6.04 Å². The fraction of sp³-hybridized carbons (Fsp3) is 0.130. The lowest BCUT2D eigenvalue weighted by Crippen LogP contribution is -2.29. The van der Waals surface area contributed by atoms with Crippen molar-refractivity contribution in [2.24, 2.45) is 0 Å². The molecule has 32 heavy (non-hydrogen) atoms. The Morgan fingerprint density at radius 1 is 1.00 bits per heavy atom. The highest BCUT2D eigenvalue weighted by Gasteiger charge is 2.48. The maximum Gasteiger partial charge on any atom is 0.300 e. The van der Waals surface area contributed by atoms with Crippen LogP contribution in [0.1, 0.15) is 17.4 Å². The lowest BCUT2D eigenvalue weighted by atomic mass is 9.99. The molecule has 0 aliphatic carbocycles. The van der Waals surface area contributed by atoms with Gasteiger partial charge < -0.3 is 19.0 Å². The van der Waals surface area contributed by atoms with Gasteiger partial charge in [0, 0.05) is 11.3 Å². The summed E-state index contributed by atoms with van der Waals surface area (Å²) in [6, 6.07) is 11.4. The van der Waals surface area contributed by atoms with Crippen LogP contribution in [-0.4, -0.2) is 31.0 Å². The van der Waals surface area contributed by atoms with E-state index in [4.69, 9.17) is 37.1 Å². The first-order valence-electron chi connectivity index (χ1n) is 9.39. The van der Waals surface area contributed by atoms with Crippen molar-refractivity contribution in [3.8, 4) is 11.5 Å². The number of hydrogen-bond acceptors (Lipinski definition) is 6. The molecule has 1 aliphatic rings. The molecule has 2 heterocycles. The molecule has 0 saturated carbocycles. The summed E-state index contributed by atoms with van der Waals surface area (Å²) in [7, 11) is 2.90. The van der Waals surface area contributed by atoms with E-state index in [9.17, 15) is 14.7 Å². The van der Waals surface area contributed by atoms with Crippen LogP contribution in [-0.2, 0) is 9.59 Å². The first-order valence-corrected chi connectivity index (χ1v) is 10.1. The molecule has 4 rings (SSSR count). The van der Waals surface area contributed by atoms with Gasteiger partial charge in [-0.05, 0) is 48.5 Å². The Kier molecular flexibility index (Phi) is 5.86. The Bertz CT molecular complexity index is 1240. The lowest BCUT2D eigenvalue weighted by Gasteiger charge is -2.24. The van der Waals surface area contributed by atoms with E-state index in [2.05, 4.69) is 0 Å². The van der Waals surface area contributed by atoms with Crippen molar-refractivity contribution in [1.82, 2.24) is 0 Å². The number of carbonyl (C=O) groups excluding carboxylic acids is 2. The average Bonchev–Trinajstić information content (AvgIpc) is 3.40. The highest BCUT2D eigenvalue weighted by atomic mass is 35.5. The summed E-state index contributed by atoms with van der Waals surface area (Å²) in [5.41, 5.74) is 0.460. The summed E-state index contributed by atoms with van der Waals surface area (Å²) in [5.74, 6) is -1.09. The van der Waals surface area contributed by atoms with Gasteiger partial charge in [0.05, 0.1) is 36.1 Å². The second-order valence-electron chi connectivity index (χ2n) is 6.85. The van der Waals surface area contributed by atoms with Crippen LogP contribution in [0.5, 0.6) is 11.5 Å². The minimum atomic E-state index is -1.02. The van der Waals surface area contributed by atoms with Crippen molar-refractivity contribution < 1.29 is 28.6 Å². The number of ketones is 1. The number of anilines is 1. The number of halogens is 2. The van der Waals surface area contributed by atoms with Crippen LogP contribution >= 0.6 is 23.2 Å². The van der Waals surface area contributed by atoms with Gasteiger partial charge in [0.15, 0.2) is 0 Å². The van der Waals surface area contributed by atoms with Crippen LogP contribution in [0.3, 0.4) is 0 Å². The van der Waals surface area contributed by atoms with E-state index in [0.29, 0.717) is 28.0 Å². The minimum absolute atomic E-state index is 0.138. The zero-order valence-corrected chi connectivity index (χ0v) is 18.5. The van der Waals surface area contributed by atoms with Crippen LogP contribution in [0.2, 0.25) is 10.0 Å². The molecule has 0 bridgehead atoms. The molecule has 164 valence electrons. The summed E-state index contributed by atoms with van der Waals surface area (Å²) in [5, 5.41) is 11.7. The summed E-state index contributed by atoms with van der Waals surface area (Å²) >= 11 is 12.3. The van der Waals surface area contributed by atoms with Gasteiger partial charge in [0.1, 0.15) is 29.1 Å². The minimum Gasteiger partial charge on any atom is -0.507 e. The third-order valence-electron chi connectivity index (χ3n) is 5.10. The third-order valence-corrected chi connectivity index (χ3v) is 5.70. The standard InChI is InChI=1S/C23H17Cl2NO6/c1-30-16-8-6-13(11-15(16)25)26-20(17-4-3-9-32-17)19(22(28)23(26)29)21(27)12-5-7-14(24)18(10-12)31-2/h3-11,20,27H,1-2H3/b21-19-. The molecule has 1 unspecified atom stereocenters. The van der Waals surface area contributed by atoms with Gasteiger partial charge in [-0.3, -0.25) is 14.5 Å². The summed E-state index contributed by atoms with van der Waals surface area (Å²) in [6.45, 7) is 0. The zero-order valence-electron chi connectivity index (χ0n) is 17.0. The van der Waals surface area contributed by atoms with Gasteiger partial charge >= 0.3 is 0 Å². The predicted molar refractivity (Wildman–Crippen MR) is 119 cm³/mol. The number of furan rings is 1. The average molecular weight is 474 g/mol. The number of amides is 1. The smallest absolute Gasteiger partial charge is 0.300 e. The molecule has 1 N–H and O–H groups in total. The van der Waals surface area contributed by atoms with Crippen LogP contribution in [0.4, 0.5) is 5.69 Å². The van der Waals surface area contributed by atoms with Crippen molar-refractivity contribution in [3.63, 3.8) is 0 Å². The molecule has 3 aromatic rings. The summed E-state index contributed by atoms with van der Waals surface area (Å²) in [6.07, 6.45) is 1.42. The summed E-state index contributed by atoms with van der Waals surface area (Å²) < 4.78 is 15.9. The fourth-order valence-electron chi connectivity index (χ4n) is 3.58. The largest absolute Gasteiger partial charge is 0.507 e. The molecular formula is C23H17Cl2NO6. The summed E-state index contributed by atoms with van der Waals surface area (Å²) in [4.78, 5) is 27.4. The second kappa shape index (κ2) is 8.61. The number of rotatable bonds is 5. The second-order valence-corrected chi connectivity index (χ2v) is 7.67. The number of benzene rings is 2. The normalized spacial score (nSPS) is 17.6. The fourth-order valence-corrected chi connectivity index (χ4v) is 4.03. The molecular weight excluding hydrogens is 457 g/mol. The van der Waals surface area contributed by atoms with Gasteiger partial charge in [-0.2, -0.15) is 0 Å². The van der Waals surface area contributed by atoms with Gasteiger partial charge in [-0.25, -0.2) is 0 Å². The molecule has 1 atom stereocenters. The Morgan fingerprint density at radius 2 is 1.75 bits per heavy atom. The van der Waals surface area contributed by atoms with Crippen LogP contribution < -0.4 is 14.4 Å². The Morgan fingerprint density at radius 3 is 2.38 bits per heavy atom. The predicted octanol–water partition coefficient (Wildman–Crippen LogP) is 5.23. The van der Waals surface area contributed by atoms with E-state index in [1.165, 1.54) is 49.6 Å². The number of Topliss-reactive ketones (excluding diaryl/α,β-unsaturated/α-hetero) is 1. The monoisotopic (exact) mass is 473 g/mol. The van der Waals surface area contributed by atoms with Gasteiger partial charge in [0.25, 0.3) is 11.7 Å². The maximum absolute atomic E-state index is 13.1. The number of methoxy groups -OCH3 is 2. The van der Waals surface area contributed by atoms with E-state index in [0.717, 1.165) is 0 Å². The van der Waals surface area contributed by atoms with Crippen LogP contribution in [0.15, 0.2) is 64.8 Å². The molecule has 1 fully saturated rings. The number of nitrogens with zero attached hydrogens (tertiary/aromatic N) is 1. The first-order chi connectivity index (χ1) is 15.4.